The first kappa shape index (κ1) is 24.8. The van der Waals surface area contributed by atoms with Crippen molar-refractivity contribution in [1.82, 2.24) is 5.32 Å². The molecule has 3 aromatic rings. The highest BCUT2D eigenvalue weighted by atomic mass is 35.5. The van der Waals surface area contributed by atoms with Crippen LogP contribution in [-0.4, -0.2) is 30.1 Å². The van der Waals surface area contributed by atoms with Gasteiger partial charge in [-0.1, -0.05) is 41.9 Å². The third-order valence-corrected chi connectivity index (χ3v) is 5.80. The number of amides is 2. The van der Waals surface area contributed by atoms with E-state index >= 15 is 0 Å². The molecule has 0 aliphatic carbocycles. The Labute approximate surface area is 206 Å². The Morgan fingerprint density at radius 1 is 0.971 bits per heavy atom. The first-order valence-corrected chi connectivity index (χ1v) is 11.5. The maximum atomic E-state index is 12.5. The predicted molar refractivity (Wildman–Crippen MR) is 131 cm³/mol. The molecule has 0 aromatic heterocycles. The lowest BCUT2D eigenvalue weighted by atomic mass is 10.2. The molecule has 0 heterocycles. The molecule has 3 aromatic carbocycles. The summed E-state index contributed by atoms with van der Waals surface area (Å²) in [6, 6.07) is 22.3. The molecule has 0 fully saturated rings. The van der Waals surface area contributed by atoms with Gasteiger partial charge in [-0.2, -0.15) is 5.26 Å². The van der Waals surface area contributed by atoms with Crippen molar-refractivity contribution in [2.45, 2.75) is 11.4 Å². The third kappa shape index (κ3) is 7.66. The van der Waals surface area contributed by atoms with Crippen molar-refractivity contribution in [3.8, 4) is 6.07 Å². The van der Waals surface area contributed by atoms with Crippen LogP contribution in [0.1, 0.15) is 21.5 Å². The van der Waals surface area contributed by atoms with Crippen LogP contribution in [0.15, 0.2) is 77.7 Å². The molecule has 0 spiro atoms. The number of carbonyl (C=O) groups is 3. The van der Waals surface area contributed by atoms with Crippen molar-refractivity contribution in [3.63, 3.8) is 0 Å². The van der Waals surface area contributed by atoms with E-state index in [0.29, 0.717) is 21.2 Å². The number of hydrogen-bond acceptors (Lipinski definition) is 6. The van der Waals surface area contributed by atoms with Crippen LogP contribution >= 0.6 is 23.4 Å². The van der Waals surface area contributed by atoms with Gasteiger partial charge in [0.15, 0.2) is 6.61 Å². The fraction of sp³-hybridized carbons (Fsp3) is 0.120. The molecule has 7 nitrogen and oxygen atoms in total. The van der Waals surface area contributed by atoms with Crippen molar-refractivity contribution in [1.29, 1.82) is 5.26 Å². The second-order valence-corrected chi connectivity index (χ2v) is 8.46. The monoisotopic (exact) mass is 493 g/mol. The quantitative estimate of drug-likeness (QED) is 0.337. The van der Waals surface area contributed by atoms with Gasteiger partial charge in [0.25, 0.3) is 5.91 Å². The highest BCUT2D eigenvalue weighted by molar-refractivity contribution is 8.00. The topological polar surface area (TPSA) is 108 Å². The van der Waals surface area contributed by atoms with Crippen molar-refractivity contribution >= 4 is 46.8 Å². The van der Waals surface area contributed by atoms with E-state index in [-0.39, 0.29) is 23.8 Å². The van der Waals surface area contributed by atoms with Gasteiger partial charge in [0.2, 0.25) is 5.91 Å². The minimum absolute atomic E-state index is 0.0443. The summed E-state index contributed by atoms with van der Waals surface area (Å²) >= 11 is 7.00. The number of esters is 1. The molecule has 0 aliphatic rings. The number of nitrogens with one attached hydrogen (secondary N) is 2. The number of thioether (sulfide) groups is 1. The van der Waals surface area contributed by atoms with Crippen LogP contribution in [0.2, 0.25) is 5.02 Å². The first-order valence-electron chi connectivity index (χ1n) is 10.1. The molecule has 0 saturated heterocycles. The zero-order valence-electron chi connectivity index (χ0n) is 17.9. The number of halogens is 1. The van der Waals surface area contributed by atoms with Gasteiger partial charge in [0, 0.05) is 22.2 Å². The SMILES string of the molecule is N#Cc1cccc(NC(=O)CSc2ccccc2C(=O)OCC(=O)NCc2ccc(Cl)cc2)c1. The summed E-state index contributed by atoms with van der Waals surface area (Å²) in [6.07, 6.45) is 0. The van der Waals surface area contributed by atoms with E-state index in [1.165, 1.54) is 11.8 Å². The number of carbonyl (C=O) groups excluding carboxylic acids is 3. The zero-order chi connectivity index (χ0) is 24.3. The zero-order valence-corrected chi connectivity index (χ0v) is 19.5. The number of benzene rings is 3. The molecule has 0 bridgehead atoms. The average molecular weight is 494 g/mol. The number of rotatable bonds is 9. The molecule has 3 rings (SSSR count). The summed E-state index contributed by atoms with van der Waals surface area (Å²) < 4.78 is 5.15. The van der Waals surface area contributed by atoms with Crippen LogP contribution in [0.3, 0.4) is 0 Å². The fourth-order valence-corrected chi connectivity index (χ4v) is 3.80. The molecule has 0 atom stereocenters. The smallest absolute Gasteiger partial charge is 0.339 e. The van der Waals surface area contributed by atoms with Crippen molar-refractivity contribution in [3.05, 3.63) is 94.5 Å². The molecule has 34 heavy (non-hydrogen) atoms. The lowest BCUT2D eigenvalue weighted by Gasteiger charge is -2.10. The highest BCUT2D eigenvalue weighted by Crippen LogP contribution is 2.24. The normalized spacial score (nSPS) is 10.1. The fourth-order valence-electron chi connectivity index (χ4n) is 2.83. The van der Waals surface area contributed by atoms with Crippen LogP contribution in [0, 0.1) is 11.3 Å². The summed E-state index contributed by atoms with van der Waals surface area (Å²) in [5, 5.41) is 15.0. The van der Waals surface area contributed by atoms with E-state index in [2.05, 4.69) is 10.6 Å². The molecule has 0 radical (unpaired) electrons. The predicted octanol–water partition coefficient (Wildman–Crippen LogP) is 4.42. The molecule has 172 valence electrons. The number of nitrogens with zero attached hydrogens (tertiary/aromatic N) is 1. The van der Waals surface area contributed by atoms with E-state index in [1.807, 2.05) is 6.07 Å². The van der Waals surface area contributed by atoms with Crippen LogP contribution in [0.5, 0.6) is 0 Å². The average Bonchev–Trinajstić information content (AvgIpc) is 2.86. The molecule has 0 unspecified atom stereocenters. The van der Waals surface area contributed by atoms with Gasteiger partial charge in [0.1, 0.15) is 0 Å². The second kappa shape index (κ2) is 12.4. The number of ether oxygens (including phenoxy) is 1. The maximum Gasteiger partial charge on any atom is 0.339 e. The molecular formula is C25H20ClN3O4S. The summed E-state index contributed by atoms with van der Waals surface area (Å²) in [5.41, 5.74) is 2.08. The minimum Gasteiger partial charge on any atom is -0.452 e. The molecule has 9 heteroatoms. The van der Waals surface area contributed by atoms with Crippen molar-refractivity contribution < 1.29 is 19.1 Å². The van der Waals surface area contributed by atoms with E-state index in [1.54, 1.807) is 72.8 Å². The molecular weight excluding hydrogens is 474 g/mol. The van der Waals surface area contributed by atoms with Crippen LogP contribution < -0.4 is 10.6 Å². The summed E-state index contributed by atoms with van der Waals surface area (Å²) in [4.78, 5) is 37.4. The Kier molecular flexibility index (Phi) is 9.09. The Balaban J connectivity index is 1.49. The van der Waals surface area contributed by atoms with Gasteiger partial charge in [-0.15, -0.1) is 11.8 Å². The van der Waals surface area contributed by atoms with Gasteiger partial charge >= 0.3 is 5.97 Å². The van der Waals surface area contributed by atoms with Crippen LogP contribution in [0.4, 0.5) is 5.69 Å². The van der Waals surface area contributed by atoms with E-state index in [0.717, 1.165) is 5.56 Å². The molecule has 2 amide bonds. The van der Waals surface area contributed by atoms with Gasteiger partial charge in [-0.05, 0) is 48.0 Å². The minimum atomic E-state index is -0.660. The van der Waals surface area contributed by atoms with E-state index in [9.17, 15) is 14.4 Å². The number of nitriles is 1. The Morgan fingerprint density at radius 3 is 2.50 bits per heavy atom. The van der Waals surface area contributed by atoms with Crippen LogP contribution in [0.25, 0.3) is 0 Å². The lowest BCUT2D eigenvalue weighted by Crippen LogP contribution is -2.28. The third-order valence-electron chi connectivity index (χ3n) is 4.48. The Bertz CT molecular complexity index is 1230. The van der Waals surface area contributed by atoms with E-state index in [4.69, 9.17) is 21.6 Å². The largest absolute Gasteiger partial charge is 0.452 e. The van der Waals surface area contributed by atoms with Gasteiger partial charge < -0.3 is 15.4 Å². The van der Waals surface area contributed by atoms with Gasteiger partial charge in [-0.3, -0.25) is 9.59 Å². The molecule has 2 N–H and O–H groups in total. The van der Waals surface area contributed by atoms with Crippen molar-refractivity contribution in [2.24, 2.45) is 0 Å². The summed E-state index contributed by atoms with van der Waals surface area (Å²) in [5.74, 6) is -1.34. The Hall–Kier alpha value is -3.80. The van der Waals surface area contributed by atoms with Gasteiger partial charge in [-0.25, -0.2) is 4.79 Å². The molecule has 0 saturated carbocycles. The first-order chi connectivity index (χ1) is 16.4. The lowest BCUT2D eigenvalue weighted by molar-refractivity contribution is -0.124. The summed E-state index contributed by atoms with van der Waals surface area (Å²) in [7, 11) is 0. The number of anilines is 1. The highest BCUT2D eigenvalue weighted by Gasteiger charge is 2.16. The second-order valence-electron chi connectivity index (χ2n) is 7.00. The van der Waals surface area contributed by atoms with Gasteiger partial charge in [0.05, 0.1) is 22.9 Å². The van der Waals surface area contributed by atoms with Crippen molar-refractivity contribution in [2.75, 3.05) is 17.7 Å². The maximum absolute atomic E-state index is 12.5. The van der Waals surface area contributed by atoms with Crippen LogP contribution in [-0.2, 0) is 20.9 Å². The number of hydrogen-bond donors (Lipinski definition) is 2. The standard InChI is InChI=1S/C25H20ClN3O4S/c26-19-10-8-17(9-11-19)14-28-23(30)15-33-25(32)21-6-1-2-7-22(21)34-16-24(31)29-20-5-3-4-18(12-20)13-27/h1-12H,14-16H2,(H,28,30)(H,29,31). The molecule has 0 aliphatic heterocycles. The van der Waals surface area contributed by atoms with E-state index < -0.39 is 18.5 Å². The summed E-state index contributed by atoms with van der Waals surface area (Å²) in [6.45, 7) is -0.145. The Morgan fingerprint density at radius 2 is 1.74 bits per heavy atom.